The molecule has 0 spiro atoms. The summed E-state index contributed by atoms with van der Waals surface area (Å²) in [4.78, 5) is 5.55. The fraction of sp³-hybridized carbons (Fsp3) is 0.286. The molecule has 1 saturated heterocycles. The zero-order valence-electron chi connectivity index (χ0n) is 16.8. The highest BCUT2D eigenvalue weighted by Gasteiger charge is 2.28. The summed E-state index contributed by atoms with van der Waals surface area (Å²) in [5, 5.41) is 5.10. The molecule has 2 N–H and O–H groups in total. The lowest BCUT2D eigenvalue weighted by Gasteiger charge is -2.31. The van der Waals surface area contributed by atoms with Crippen LogP contribution in [0.15, 0.2) is 52.9 Å². The highest BCUT2D eigenvalue weighted by Crippen LogP contribution is 2.34. The van der Waals surface area contributed by atoms with Crippen LogP contribution in [0.25, 0.3) is 0 Å². The van der Waals surface area contributed by atoms with E-state index in [1.807, 2.05) is 30.0 Å². The van der Waals surface area contributed by atoms with E-state index in [1.54, 1.807) is 5.38 Å². The van der Waals surface area contributed by atoms with Gasteiger partial charge in [-0.05, 0) is 37.6 Å². The Hall–Kier alpha value is -2.20. The summed E-state index contributed by atoms with van der Waals surface area (Å²) >= 11 is 7.49. The monoisotopic (exact) mass is 480 g/mol. The van der Waals surface area contributed by atoms with Gasteiger partial charge in [0.05, 0.1) is 10.7 Å². The Bertz CT molecular complexity index is 1170. The molecule has 0 radical (unpaired) electrons. The normalized spacial score (nSPS) is 16.4. The Morgan fingerprint density at radius 2 is 2.19 bits per heavy atom. The maximum atomic E-state index is 15.3. The SMILES string of the molecule is Cc1cccc(CN(c2cc(Cl)c(S(=O)(=O)Nc3nccs3)cc2F)[C@@H]2CCNC2)c1. The minimum atomic E-state index is -4.07. The van der Waals surface area contributed by atoms with E-state index in [0.29, 0.717) is 13.1 Å². The molecular formula is C21H22ClFN4O2S2. The summed E-state index contributed by atoms with van der Waals surface area (Å²) in [5.41, 5.74) is 2.45. The number of anilines is 2. The molecule has 0 unspecified atom stereocenters. The van der Waals surface area contributed by atoms with Crippen molar-refractivity contribution in [3.8, 4) is 0 Å². The molecule has 3 aromatic rings. The first kappa shape index (κ1) is 22.0. The minimum absolute atomic E-state index is 0.0411. The zero-order chi connectivity index (χ0) is 22.0. The lowest BCUT2D eigenvalue weighted by Crippen LogP contribution is -2.37. The molecule has 2 aromatic carbocycles. The molecule has 0 amide bonds. The van der Waals surface area contributed by atoms with E-state index in [4.69, 9.17) is 11.6 Å². The first-order chi connectivity index (χ1) is 14.8. The highest BCUT2D eigenvalue weighted by atomic mass is 35.5. The lowest BCUT2D eigenvalue weighted by molar-refractivity contribution is 0.576. The van der Waals surface area contributed by atoms with E-state index in [9.17, 15) is 8.42 Å². The van der Waals surface area contributed by atoms with Crippen LogP contribution in [0.4, 0.5) is 15.2 Å². The second kappa shape index (κ2) is 9.12. The third-order valence-corrected chi connectivity index (χ3v) is 7.79. The van der Waals surface area contributed by atoms with Gasteiger partial charge in [-0.1, -0.05) is 41.4 Å². The topological polar surface area (TPSA) is 74.3 Å². The summed E-state index contributed by atoms with van der Waals surface area (Å²) < 4.78 is 43.1. The first-order valence-electron chi connectivity index (χ1n) is 9.78. The summed E-state index contributed by atoms with van der Waals surface area (Å²) in [6, 6.07) is 10.5. The number of aryl methyl sites for hydroxylation is 1. The van der Waals surface area contributed by atoms with Crippen LogP contribution in [-0.2, 0) is 16.6 Å². The van der Waals surface area contributed by atoms with Gasteiger partial charge < -0.3 is 10.2 Å². The molecule has 1 atom stereocenters. The predicted octanol–water partition coefficient (Wildman–Crippen LogP) is 4.41. The third kappa shape index (κ3) is 5.01. The zero-order valence-corrected chi connectivity index (χ0v) is 19.2. The quantitative estimate of drug-likeness (QED) is 0.524. The Kier molecular flexibility index (Phi) is 6.47. The number of thiazole rings is 1. The van der Waals surface area contributed by atoms with E-state index >= 15 is 4.39 Å². The molecule has 0 aliphatic carbocycles. The molecule has 1 fully saturated rings. The number of rotatable bonds is 7. The Labute approximate surface area is 190 Å². The average Bonchev–Trinajstić information content (AvgIpc) is 3.42. The molecule has 1 aliphatic heterocycles. The smallest absolute Gasteiger partial charge is 0.265 e. The molecular weight excluding hydrogens is 459 g/mol. The van der Waals surface area contributed by atoms with Gasteiger partial charge >= 0.3 is 0 Å². The Balaban J connectivity index is 1.69. The van der Waals surface area contributed by atoms with Crippen molar-refractivity contribution in [1.29, 1.82) is 0 Å². The van der Waals surface area contributed by atoms with Crippen LogP contribution in [0, 0.1) is 12.7 Å². The number of aromatic nitrogens is 1. The molecule has 4 rings (SSSR count). The second-order valence-electron chi connectivity index (χ2n) is 7.44. The number of hydrogen-bond donors (Lipinski definition) is 2. The van der Waals surface area contributed by atoms with Crippen LogP contribution < -0.4 is 14.9 Å². The largest absolute Gasteiger partial charge is 0.360 e. The van der Waals surface area contributed by atoms with Crippen molar-refractivity contribution in [2.45, 2.75) is 30.8 Å². The summed E-state index contributed by atoms with van der Waals surface area (Å²) in [5.74, 6) is -0.636. The van der Waals surface area contributed by atoms with Gasteiger partial charge in [-0.25, -0.2) is 17.8 Å². The molecule has 31 heavy (non-hydrogen) atoms. The fourth-order valence-electron chi connectivity index (χ4n) is 3.71. The summed E-state index contributed by atoms with van der Waals surface area (Å²) in [6.07, 6.45) is 2.33. The van der Waals surface area contributed by atoms with E-state index in [1.165, 1.54) is 12.3 Å². The van der Waals surface area contributed by atoms with Gasteiger partial charge in [-0.3, -0.25) is 4.72 Å². The van der Waals surface area contributed by atoms with Crippen LogP contribution in [0.1, 0.15) is 17.5 Å². The van der Waals surface area contributed by atoms with Crippen molar-refractivity contribution in [2.24, 2.45) is 0 Å². The highest BCUT2D eigenvalue weighted by molar-refractivity contribution is 7.93. The number of sulfonamides is 1. The molecule has 1 aliphatic rings. The number of nitrogens with zero attached hydrogens (tertiary/aromatic N) is 2. The lowest BCUT2D eigenvalue weighted by atomic mass is 10.1. The molecule has 1 aromatic heterocycles. The summed E-state index contributed by atoms with van der Waals surface area (Å²) in [6.45, 7) is 4.06. The molecule has 0 bridgehead atoms. The number of nitrogens with one attached hydrogen (secondary N) is 2. The molecule has 0 saturated carbocycles. The Morgan fingerprint density at radius 3 is 2.87 bits per heavy atom. The maximum Gasteiger partial charge on any atom is 0.265 e. The van der Waals surface area contributed by atoms with E-state index in [0.717, 1.165) is 41.5 Å². The van der Waals surface area contributed by atoms with Crippen molar-refractivity contribution in [2.75, 3.05) is 22.7 Å². The second-order valence-corrected chi connectivity index (χ2v) is 10.4. The van der Waals surface area contributed by atoms with Crippen LogP contribution in [0.5, 0.6) is 0 Å². The van der Waals surface area contributed by atoms with Crippen molar-refractivity contribution in [1.82, 2.24) is 10.3 Å². The Morgan fingerprint density at radius 1 is 1.35 bits per heavy atom. The van der Waals surface area contributed by atoms with Gasteiger partial charge in [0.2, 0.25) is 0 Å². The molecule has 2 heterocycles. The van der Waals surface area contributed by atoms with Crippen molar-refractivity contribution in [3.63, 3.8) is 0 Å². The van der Waals surface area contributed by atoms with Crippen molar-refractivity contribution >= 4 is 43.8 Å². The van der Waals surface area contributed by atoms with Crippen LogP contribution in [-0.4, -0.2) is 32.5 Å². The predicted molar refractivity (Wildman–Crippen MR) is 123 cm³/mol. The van der Waals surface area contributed by atoms with Crippen LogP contribution in [0.3, 0.4) is 0 Å². The number of benzene rings is 2. The van der Waals surface area contributed by atoms with Gasteiger partial charge in [0.25, 0.3) is 10.0 Å². The van der Waals surface area contributed by atoms with Gasteiger partial charge in [0.1, 0.15) is 10.7 Å². The van der Waals surface area contributed by atoms with Gasteiger partial charge in [-0.2, -0.15) is 0 Å². The minimum Gasteiger partial charge on any atom is -0.360 e. The standard InChI is InChI=1S/C21H22ClFN4O2S2/c1-14-3-2-4-15(9-14)13-27(16-5-6-24-12-16)19-10-17(22)20(11-18(19)23)31(28,29)26-21-25-7-8-30-21/h2-4,7-11,16,24H,5-6,12-13H2,1H3,(H,25,26)/t16-/m1/s1. The van der Waals surface area contributed by atoms with Gasteiger partial charge in [0, 0.05) is 30.7 Å². The number of halogens is 2. The first-order valence-corrected chi connectivity index (χ1v) is 12.5. The molecule has 164 valence electrons. The van der Waals surface area contributed by atoms with E-state index in [2.05, 4.69) is 21.1 Å². The van der Waals surface area contributed by atoms with Crippen LogP contribution in [0.2, 0.25) is 5.02 Å². The molecule has 10 heteroatoms. The summed E-state index contributed by atoms with van der Waals surface area (Å²) in [7, 11) is -4.07. The number of hydrogen-bond acceptors (Lipinski definition) is 6. The van der Waals surface area contributed by atoms with Crippen LogP contribution >= 0.6 is 22.9 Å². The fourth-order valence-corrected chi connectivity index (χ4v) is 6.03. The maximum absolute atomic E-state index is 15.3. The van der Waals surface area contributed by atoms with E-state index < -0.39 is 15.8 Å². The third-order valence-electron chi connectivity index (χ3n) is 5.16. The average molecular weight is 481 g/mol. The van der Waals surface area contributed by atoms with Crippen molar-refractivity contribution < 1.29 is 12.8 Å². The molecule has 6 nitrogen and oxygen atoms in total. The van der Waals surface area contributed by atoms with Crippen molar-refractivity contribution in [3.05, 3.63) is 69.9 Å². The van der Waals surface area contributed by atoms with Gasteiger partial charge in [-0.15, -0.1) is 11.3 Å². The van der Waals surface area contributed by atoms with Gasteiger partial charge in [0.15, 0.2) is 5.13 Å². The van der Waals surface area contributed by atoms with E-state index in [-0.39, 0.29) is 26.8 Å².